The van der Waals surface area contributed by atoms with Crippen LogP contribution in [0.1, 0.15) is 13.8 Å². The molecule has 0 aromatic heterocycles. The lowest BCUT2D eigenvalue weighted by Gasteiger charge is -2.01. The van der Waals surface area contributed by atoms with Crippen LogP contribution in [0.4, 0.5) is 0 Å². The van der Waals surface area contributed by atoms with Crippen molar-refractivity contribution in [3.63, 3.8) is 0 Å². The molecular formula is C7H7Cl. The van der Waals surface area contributed by atoms with Gasteiger partial charge in [-0.05, 0) is 25.7 Å². The lowest BCUT2D eigenvalue weighted by atomic mass is 10.2. The molecule has 0 radical (unpaired) electrons. The van der Waals surface area contributed by atoms with E-state index in [9.17, 15) is 0 Å². The van der Waals surface area contributed by atoms with Crippen molar-refractivity contribution in [1.82, 2.24) is 0 Å². The van der Waals surface area contributed by atoms with Crippen LogP contribution in [0, 0.1) is 24.2 Å². The highest BCUT2D eigenvalue weighted by atomic mass is 35.5. The van der Waals surface area contributed by atoms with E-state index in [0.29, 0.717) is 0 Å². The van der Waals surface area contributed by atoms with Gasteiger partial charge in [0.05, 0.1) is 0 Å². The Morgan fingerprint density at radius 1 is 1.50 bits per heavy atom. The van der Waals surface area contributed by atoms with Crippen LogP contribution in [0.3, 0.4) is 0 Å². The van der Waals surface area contributed by atoms with Gasteiger partial charge in [0.15, 0.2) is 0 Å². The zero-order valence-electron chi connectivity index (χ0n) is 4.96. The lowest BCUT2D eigenvalue weighted by molar-refractivity contribution is 0.918. The molecule has 0 aliphatic rings. The summed E-state index contributed by atoms with van der Waals surface area (Å²) in [4.78, 5) is -0.480. The minimum absolute atomic E-state index is 0.480. The van der Waals surface area contributed by atoms with Gasteiger partial charge in [0.1, 0.15) is 4.87 Å². The number of alkyl halides is 1. The molecular weight excluding hydrogens is 120 g/mol. The van der Waals surface area contributed by atoms with Crippen molar-refractivity contribution in [3.8, 4) is 24.2 Å². The monoisotopic (exact) mass is 126 g/mol. The highest BCUT2D eigenvalue weighted by Gasteiger charge is 2.05. The molecule has 0 rings (SSSR count). The Kier molecular flexibility index (Phi) is 2.46. The van der Waals surface area contributed by atoms with Crippen molar-refractivity contribution >= 4 is 11.6 Å². The fraction of sp³-hybridized carbons (Fsp3) is 0.429. The highest BCUT2D eigenvalue weighted by molar-refractivity contribution is 6.25. The van der Waals surface area contributed by atoms with Crippen LogP contribution >= 0.6 is 11.6 Å². The zero-order chi connectivity index (χ0) is 6.62. The summed E-state index contributed by atoms with van der Waals surface area (Å²) in [6.45, 7) is 3.58. The molecule has 0 unspecified atom stereocenters. The topological polar surface area (TPSA) is 0 Å². The van der Waals surface area contributed by atoms with E-state index in [1.807, 2.05) is 0 Å². The maximum Gasteiger partial charge on any atom is 0.100 e. The molecule has 0 spiro atoms. The lowest BCUT2D eigenvalue weighted by Crippen LogP contribution is -2.04. The smallest absolute Gasteiger partial charge is 0.100 e. The molecule has 0 bridgehead atoms. The number of terminal acetylenes is 1. The molecule has 0 amide bonds. The van der Waals surface area contributed by atoms with E-state index in [2.05, 4.69) is 17.8 Å². The molecule has 0 aromatic rings. The Hall–Kier alpha value is -0.590. The molecule has 0 fully saturated rings. The van der Waals surface area contributed by atoms with Gasteiger partial charge in [-0.1, -0.05) is 5.92 Å². The van der Waals surface area contributed by atoms with Crippen LogP contribution in [0.2, 0.25) is 0 Å². The second-order valence-electron chi connectivity index (χ2n) is 1.87. The van der Waals surface area contributed by atoms with Crippen LogP contribution in [0.25, 0.3) is 0 Å². The summed E-state index contributed by atoms with van der Waals surface area (Å²) in [6, 6.07) is 0. The van der Waals surface area contributed by atoms with Crippen molar-refractivity contribution in [2.45, 2.75) is 18.7 Å². The largest absolute Gasteiger partial charge is 0.106 e. The molecule has 0 saturated carbocycles. The number of hydrogen-bond donors (Lipinski definition) is 0. The minimum Gasteiger partial charge on any atom is -0.106 e. The van der Waals surface area contributed by atoms with Gasteiger partial charge in [0.25, 0.3) is 0 Å². The van der Waals surface area contributed by atoms with Crippen molar-refractivity contribution < 1.29 is 0 Å². The third-order valence-electron chi connectivity index (χ3n) is 0.432. The first kappa shape index (κ1) is 7.41. The summed E-state index contributed by atoms with van der Waals surface area (Å²) >= 11 is 5.64. The quantitative estimate of drug-likeness (QED) is 0.342. The maximum absolute atomic E-state index is 5.64. The molecule has 0 nitrogen and oxygen atoms in total. The Balaban J connectivity index is 3.93. The summed E-state index contributed by atoms with van der Waals surface area (Å²) < 4.78 is 0. The molecule has 0 aliphatic carbocycles. The van der Waals surface area contributed by atoms with Gasteiger partial charge in [0, 0.05) is 0 Å². The van der Waals surface area contributed by atoms with Gasteiger partial charge in [-0.3, -0.25) is 0 Å². The molecule has 0 aliphatic heterocycles. The number of halogens is 1. The number of hydrogen-bond acceptors (Lipinski definition) is 0. The van der Waals surface area contributed by atoms with Crippen LogP contribution in [0.15, 0.2) is 0 Å². The van der Waals surface area contributed by atoms with E-state index < -0.39 is 4.87 Å². The summed E-state index contributed by atoms with van der Waals surface area (Å²) in [5, 5.41) is 0. The molecule has 0 atom stereocenters. The van der Waals surface area contributed by atoms with Crippen molar-refractivity contribution in [2.75, 3.05) is 0 Å². The van der Waals surface area contributed by atoms with E-state index in [4.69, 9.17) is 18.0 Å². The zero-order valence-corrected chi connectivity index (χ0v) is 5.71. The summed E-state index contributed by atoms with van der Waals surface area (Å²) in [5.41, 5.74) is 0. The SMILES string of the molecule is C#CC#CC(C)(C)Cl. The highest BCUT2D eigenvalue weighted by Crippen LogP contribution is 2.08. The van der Waals surface area contributed by atoms with E-state index in [0.717, 1.165) is 0 Å². The predicted molar refractivity (Wildman–Crippen MR) is 36.5 cm³/mol. The number of rotatable bonds is 0. The second-order valence-corrected chi connectivity index (χ2v) is 2.81. The van der Waals surface area contributed by atoms with Crippen LogP contribution in [0.5, 0.6) is 0 Å². The molecule has 0 aromatic carbocycles. The first-order valence-corrected chi connectivity index (χ1v) is 2.61. The van der Waals surface area contributed by atoms with Crippen molar-refractivity contribution in [2.24, 2.45) is 0 Å². The Labute approximate surface area is 55.2 Å². The van der Waals surface area contributed by atoms with Crippen molar-refractivity contribution in [1.29, 1.82) is 0 Å². The molecule has 0 saturated heterocycles. The molecule has 0 N–H and O–H groups in total. The van der Waals surface area contributed by atoms with E-state index in [1.54, 1.807) is 13.8 Å². The van der Waals surface area contributed by atoms with Crippen LogP contribution < -0.4 is 0 Å². The van der Waals surface area contributed by atoms with Gasteiger partial charge >= 0.3 is 0 Å². The molecule has 42 valence electrons. The first-order chi connectivity index (χ1) is 3.56. The third kappa shape index (κ3) is 5.41. The van der Waals surface area contributed by atoms with Gasteiger partial charge in [-0.25, -0.2) is 0 Å². The van der Waals surface area contributed by atoms with E-state index in [-0.39, 0.29) is 0 Å². The molecule has 1 heteroatoms. The van der Waals surface area contributed by atoms with E-state index >= 15 is 0 Å². The fourth-order valence-corrected chi connectivity index (χ4v) is 0.232. The van der Waals surface area contributed by atoms with Crippen LogP contribution in [-0.2, 0) is 0 Å². The van der Waals surface area contributed by atoms with Gasteiger partial charge in [-0.15, -0.1) is 18.0 Å². The summed E-state index contributed by atoms with van der Waals surface area (Å²) in [6.07, 6.45) is 4.85. The Morgan fingerprint density at radius 3 is 2.12 bits per heavy atom. The predicted octanol–water partition coefficient (Wildman–Crippen LogP) is 1.64. The molecule has 8 heavy (non-hydrogen) atoms. The average molecular weight is 127 g/mol. The fourth-order valence-electron chi connectivity index (χ4n) is 0.185. The van der Waals surface area contributed by atoms with E-state index in [1.165, 1.54) is 0 Å². The van der Waals surface area contributed by atoms with Crippen molar-refractivity contribution in [3.05, 3.63) is 0 Å². The minimum atomic E-state index is -0.480. The Morgan fingerprint density at radius 2 is 2.00 bits per heavy atom. The third-order valence-corrected chi connectivity index (χ3v) is 0.526. The second kappa shape index (κ2) is 2.65. The summed E-state index contributed by atoms with van der Waals surface area (Å²) in [5.74, 6) is 7.26. The Bertz CT molecular complexity index is 156. The maximum atomic E-state index is 5.64. The first-order valence-electron chi connectivity index (χ1n) is 2.23. The van der Waals surface area contributed by atoms with Gasteiger partial charge in [-0.2, -0.15) is 0 Å². The van der Waals surface area contributed by atoms with Gasteiger partial charge in [0.2, 0.25) is 0 Å². The van der Waals surface area contributed by atoms with Gasteiger partial charge < -0.3 is 0 Å². The van der Waals surface area contributed by atoms with Crippen LogP contribution in [-0.4, -0.2) is 4.87 Å². The normalized spacial score (nSPS) is 8.75. The summed E-state index contributed by atoms with van der Waals surface area (Å²) in [7, 11) is 0. The average Bonchev–Trinajstić information content (AvgIpc) is 1.59. The standard InChI is InChI=1S/C7H7Cl/c1-4-5-6-7(2,3)8/h1H,2-3H3. The molecule has 0 heterocycles.